The van der Waals surface area contributed by atoms with Gasteiger partial charge >= 0.3 is 5.72 Å². The maximum Gasteiger partial charge on any atom is 0.341 e. The quantitative estimate of drug-likeness (QED) is 0.703. The molecule has 4 heteroatoms. The standard InChI is InChI=1S/C12H11F2NO/c1-15-12(5-2-6-16-12)8-9-3-4-10(13)7-11(9)14/h3-4,7H,2,5-6,8H2. The van der Waals surface area contributed by atoms with Crippen molar-refractivity contribution >= 4 is 0 Å². The Balaban J connectivity index is 2.23. The third-order valence-electron chi connectivity index (χ3n) is 2.77. The summed E-state index contributed by atoms with van der Waals surface area (Å²) in [5.74, 6) is -1.22. The summed E-state index contributed by atoms with van der Waals surface area (Å²) in [6.45, 7) is 7.65. The molecule has 1 aliphatic heterocycles. The first-order valence-electron chi connectivity index (χ1n) is 5.12. The van der Waals surface area contributed by atoms with Crippen LogP contribution < -0.4 is 0 Å². The third kappa shape index (κ3) is 2.05. The van der Waals surface area contributed by atoms with E-state index in [0.717, 1.165) is 12.5 Å². The highest BCUT2D eigenvalue weighted by Gasteiger charge is 2.42. The van der Waals surface area contributed by atoms with Gasteiger partial charge in [0.25, 0.3) is 0 Å². The summed E-state index contributed by atoms with van der Waals surface area (Å²) in [7, 11) is 0. The first-order chi connectivity index (χ1) is 7.65. The zero-order valence-electron chi connectivity index (χ0n) is 8.67. The van der Waals surface area contributed by atoms with E-state index in [1.807, 2.05) is 0 Å². The Morgan fingerprint density at radius 3 is 2.81 bits per heavy atom. The van der Waals surface area contributed by atoms with Gasteiger partial charge in [-0.25, -0.2) is 15.4 Å². The fourth-order valence-electron chi connectivity index (χ4n) is 1.91. The van der Waals surface area contributed by atoms with Crippen LogP contribution in [-0.2, 0) is 11.2 Å². The van der Waals surface area contributed by atoms with Crippen LogP contribution in [0.4, 0.5) is 8.78 Å². The normalized spacial score (nSPS) is 24.3. The maximum absolute atomic E-state index is 13.4. The molecular formula is C12H11F2NO. The predicted octanol–water partition coefficient (Wildman–Crippen LogP) is 2.93. The van der Waals surface area contributed by atoms with Crippen molar-refractivity contribution in [1.82, 2.24) is 0 Å². The number of ether oxygens (including phenoxy) is 1. The smallest absolute Gasteiger partial charge is 0.308 e. The minimum absolute atomic E-state index is 0.183. The van der Waals surface area contributed by atoms with Gasteiger partial charge in [-0.05, 0) is 18.1 Å². The Bertz CT molecular complexity index is 433. The van der Waals surface area contributed by atoms with Gasteiger partial charge in [0.15, 0.2) is 0 Å². The summed E-state index contributed by atoms with van der Waals surface area (Å²) in [6, 6.07) is 3.41. The van der Waals surface area contributed by atoms with E-state index in [-0.39, 0.29) is 6.42 Å². The molecule has 0 amide bonds. The lowest BCUT2D eigenvalue weighted by atomic mass is 10.00. The summed E-state index contributed by atoms with van der Waals surface area (Å²) in [6.07, 6.45) is 1.60. The van der Waals surface area contributed by atoms with E-state index in [9.17, 15) is 8.78 Å². The van der Waals surface area contributed by atoms with Gasteiger partial charge in [-0.3, -0.25) is 4.85 Å². The van der Waals surface area contributed by atoms with Crippen LogP contribution in [0.3, 0.4) is 0 Å². The molecule has 0 radical (unpaired) electrons. The van der Waals surface area contributed by atoms with Crippen molar-refractivity contribution in [2.75, 3.05) is 6.61 Å². The molecule has 0 aromatic heterocycles. The first-order valence-corrected chi connectivity index (χ1v) is 5.12. The van der Waals surface area contributed by atoms with Gasteiger partial charge in [0.1, 0.15) is 11.6 Å². The molecule has 0 bridgehead atoms. The zero-order chi connectivity index (χ0) is 11.6. The lowest BCUT2D eigenvalue weighted by Crippen LogP contribution is -2.26. The lowest BCUT2D eigenvalue weighted by molar-refractivity contribution is 0.0428. The van der Waals surface area contributed by atoms with Crippen molar-refractivity contribution in [2.24, 2.45) is 0 Å². The SMILES string of the molecule is [C-]#[N+]C1(Cc2ccc(F)cc2F)CCCO1. The van der Waals surface area contributed by atoms with Crippen molar-refractivity contribution in [3.8, 4) is 0 Å². The summed E-state index contributed by atoms with van der Waals surface area (Å²) in [5.41, 5.74) is -0.613. The van der Waals surface area contributed by atoms with Crippen LogP contribution in [0.5, 0.6) is 0 Å². The molecule has 1 atom stereocenters. The lowest BCUT2D eigenvalue weighted by Gasteiger charge is -2.15. The molecule has 2 nitrogen and oxygen atoms in total. The summed E-state index contributed by atoms with van der Waals surface area (Å²) in [4.78, 5) is 3.45. The monoisotopic (exact) mass is 223 g/mol. The molecule has 0 saturated carbocycles. The van der Waals surface area contributed by atoms with Crippen LogP contribution in [-0.4, -0.2) is 12.3 Å². The average Bonchev–Trinajstić information content (AvgIpc) is 2.72. The van der Waals surface area contributed by atoms with E-state index < -0.39 is 17.4 Å². The Morgan fingerprint density at radius 2 is 2.25 bits per heavy atom. The van der Waals surface area contributed by atoms with E-state index in [1.165, 1.54) is 12.1 Å². The van der Waals surface area contributed by atoms with Crippen molar-refractivity contribution in [3.63, 3.8) is 0 Å². The van der Waals surface area contributed by atoms with E-state index in [4.69, 9.17) is 11.3 Å². The number of halogens is 2. The minimum Gasteiger partial charge on any atom is -0.308 e. The van der Waals surface area contributed by atoms with Crippen LogP contribution in [0.15, 0.2) is 18.2 Å². The molecule has 1 unspecified atom stereocenters. The van der Waals surface area contributed by atoms with Crippen molar-refractivity contribution < 1.29 is 13.5 Å². The van der Waals surface area contributed by atoms with E-state index in [2.05, 4.69) is 4.85 Å². The minimum atomic E-state index is -0.946. The Labute approximate surface area is 92.7 Å². The molecule has 0 aliphatic carbocycles. The molecule has 84 valence electrons. The highest BCUT2D eigenvalue weighted by atomic mass is 19.1. The van der Waals surface area contributed by atoms with Crippen LogP contribution in [0.1, 0.15) is 18.4 Å². The van der Waals surface area contributed by atoms with Gasteiger partial charge in [-0.2, -0.15) is 0 Å². The molecular weight excluding hydrogens is 212 g/mol. The average molecular weight is 223 g/mol. The Kier molecular flexibility index (Phi) is 2.88. The van der Waals surface area contributed by atoms with Crippen molar-refractivity contribution in [1.29, 1.82) is 0 Å². The van der Waals surface area contributed by atoms with Crippen LogP contribution in [0.2, 0.25) is 0 Å². The molecule has 1 aliphatic rings. The van der Waals surface area contributed by atoms with Gasteiger partial charge < -0.3 is 4.74 Å². The maximum atomic E-state index is 13.4. The Morgan fingerprint density at radius 1 is 1.44 bits per heavy atom. The molecule has 1 aromatic rings. The molecule has 2 rings (SSSR count). The summed E-state index contributed by atoms with van der Waals surface area (Å²) >= 11 is 0. The molecule has 1 saturated heterocycles. The van der Waals surface area contributed by atoms with Gasteiger partial charge in [0.2, 0.25) is 0 Å². The number of nitrogens with zero attached hydrogens (tertiary/aromatic N) is 1. The highest BCUT2D eigenvalue weighted by Crippen LogP contribution is 2.31. The molecule has 0 N–H and O–H groups in total. The molecule has 16 heavy (non-hydrogen) atoms. The van der Waals surface area contributed by atoms with Gasteiger partial charge in [0.05, 0.1) is 19.4 Å². The largest absolute Gasteiger partial charge is 0.341 e. The number of hydrogen-bond acceptors (Lipinski definition) is 1. The van der Waals surface area contributed by atoms with Gasteiger partial charge in [0, 0.05) is 6.07 Å². The van der Waals surface area contributed by atoms with Crippen LogP contribution >= 0.6 is 0 Å². The fraction of sp³-hybridized carbons (Fsp3) is 0.417. The number of hydrogen-bond donors (Lipinski definition) is 0. The summed E-state index contributed by atoms with van der Waals surface area (Å²) < 4.78 is 31.5. The van der Waals surface area contributed by atoms with Crippen LogP contribution in [0.25, 0.3) is 4.85 Å². The van der Waals surface area contributed by atoms with Crippen molar-refractivity contribution in [2.45, 2.75) is 25.0 Å². The molecule has 1 fully saturated rings. The fourth-order valence-corrected chi connectivity index (χ4v) is 1.91. The zero-order valence-corrected chi connectivity index (χ0v) is 8.67. The summed E-state index contributed by atoms with van der Waals surface area (Å²) in [5, 5.41) is 0. The van der Waals surface area contributed by atoms with E-state index >= 15 is 0 Å². The van der Waals surface area contributed by atoms with Gasteiger partial charge in [-0.15, -0.1) is 0 Å². The second kappa shape index (κ2) is 4.18. The molecule has 1 aromatic carbocycles. The topological polar surface area (TPSA) is 13.6 Å². The molecule has 1 heterocycles. The highest BCUT2D eigenvalue weighted by molar-refractivity contribution is 5.22. The van der Waals surface area contributed by atoms with Crippen LogP contribution in [0, 0.1) is 18.2 Å². The molecule has 0 spiro atoms. The first kappa shape index (κ1) is 11.0. The second-order valence-corrected chi connectivity index (χ2v) is 3.92. The van der Waals surface area contributed by atoms with E-state index in [1.54, 1.807) is 0 Å². The number of rotatable bonds is 2. The Hall–Kier alpha value is -1.47. The van der Waals surface area contributed by atoms with Gasteiger partial charge in [-0.1, -0.05) is 6.07 Å². The second-order valence-electron chi connectivity index (χ2n) is 3.92. The number of benzene rings is 1. The van der Waals surface area contributed by atoms with Crippen molar-refractivity contribution in [3.05, 3.63) is 46.8 Å². The predicted molar refractivity (Wildman–Crippen MR) is 54.6 cm³/mol. The van der Waals surface area contributed by atoms with E-state index in [0.29, 0.717) is 18.6 Å². The third-order valence-corrected chi connectivity index (χ3v) is 2.77.